The predicted molar refractivity (Wildman–Crippen MR) is 96.4 cm³/mol. The van der Waals surface area contributed by atoms with Crippen molar-refractivity contribution in [1.82, 2.24) is 14.9 Å². The van der Waals surface area contributed by atoms with Gasteiger partial charge in [0.05, 0.1) is 0 Å². The molecule has 1 fully saturated rings. The van der Waals surface area contributed by atoms with Crippen LogP contribution in [0.1, 0.15) is 30.0 Å². The summed E-state index contributed by atoms with van der Waals surface area (Å²) in [6, 6.07) is 5.86. The van der Waals surface area contributed by atoms with Crippen LogP contribution in [0.25, 0.3) is 0 Å². The molecule has 5 heteroatoms. The van der Waals surface area contributed by atoms with Gasteiger partial charge in [0, 0.05) is 45.1 Å². The van der Waals surface area contributed by atoms with Crippen molar-refractivity contribution in [2.24, 2.45) is 0 Å². The second-order valence-corrected chi connectivity index (χ2v) is 6.53. The summed E-state index contributed by atoms with van der Waals surface area (Å²) in [7, 11) is 0. The molecule has 1 aliphatic heterocycles. The monoisotopic (exact) mass is 326 g/mol. The molecule has 0 aliphatic carbocycles. The number of benzene rings is 1. The average Bonchev–Trinajstić information content (AvgIpc) is 2.60. The first kappa shape index (κ1) is 16.7. The number of hydrogen-bond acceptors (Lipinski definition) is 5. The quantitative estimate of drug-likeness (QED) is 0.915. The molecular formula is C19H26N4O. The molecule has 2 heterocycles. The summed E-state index contributed by atoms with van der Waals surface area (Å²) in [4.78, 5) is 13.7. The lowest BCUT2D eigenvalue weighted by molar-refractivity contribution is 0.248. The number of aromatic nitrogens is 2. The van der Waals surface area contributed by atoms with E-state index in [-0.39, 0.29) is 0 Å². The zero-order chi connectivity index (χ0) is 16.9. The molecule has 128 valence electrons. The molecule has 1 aromatic carbocycles. The molecule has 0 unspecified atom stereocenters. The van der Waals surface area contributed by atoms with Crippen molar-refractivity contribution in [2.45, 2.75) is 33.2 Å². The van der Waals surface area contributed by atoms with Gasteiger partial charge in [-0.1, -0.05) is 25.5 Å². The van der Waals surface area contributed by atoms with Gasteiger partial charge in [0.15, 0.2) is 0 Å². The van der Waals surface area contributed by atoms with Crippen LogP contribution in [0.2, 0.25) is 0 Å². The lowest BCUT2D eigenvalue weighted by atomic mass is 10.1. The molecule has 2 aromatic rings. The van der Waals surface area contributed by atoms with E-state index in [1.54, 1.807) is 6.07 Å². The van der Waals surface area contributed by atoms with E-state index in [9.17, 15) is 5.11 Å². The van der Waals surface area contributed by atoms with E-state index in [2.05, 4.69) is 32.8 Å². The smallest absolute Gasteiger partial charge is 0.225 e. The summed E-state index contributed by atoms with van der Waals surface area (Å²) in [5, 5.41) is 9.63. The van der Waals surface area contributed by atoms with E-state index in [4.69, 9.17) is 0 Å². The zero-order valence-corrected chi connectivity index (χ0v) is 14.6. The molecule has 1 aliphatic rings. The van der Waals surface area contributed by atoms with E-state index in [1.165, 1.54) is 11.1 Å². The van der Waals surface area contributed by atoms with Crippen molar-refractivity contribution < 1.29 is 5.11 Å². The Morgan fingerprint density at radius 2 is 1.75 bits per heavy atom. The van der Waals surface area contributed by atoms with Gasteiger partial charge in [-0.2, -0.15) is 0 Å². The van der Waals surface area contributed by atoms with Gasteiger partial charge in [0.25, 0.3) is 0 Å². The molecule has 24 heavy (non-hydrogen) atoms. The molecule has 3 rings (SSSR count). The maximum atomic E-state index is 9.63. The highest BCUT2D eigenvalue weighted by atomic mass is 16.3. The zero-order valence-electron chi connectivity index (χ0n) is 14.6. The highest BCUT2D eigenvalue weighted by molar-refractivity contribution is 5.35. The van der Waals surface area contributed by atoms with Gasteiger partial charge in [-0.05, 0) is 36.1 Å². The van der Waals surface area contributed by atoms with Gasteiger partial charge in [0.2, 0.25) is 5.95 Å². The first-order chi connectivity index (χ1) is 11.7. The van der Waals surface area contributed by atoms with E-state index in [0.717, 1.165) is 57.1 Å². The lowest BCUT2D eigenvalue weighted by Gasteiger charge is -2.34. The summed E-state index contributed by atoms with van der Waals surface area (Å²) in [5.74, 6) is 1.21. The number of aryl methyl sites for hydroxylation is 2. The third kappa shape index (κ3) is 4.03. The number of aromatic hydroxyl groups is 1. The van der Waals surface area contributed by atoms with Crippen LogP contribution in [0.5, 0.6) is 5.75 Å². The molecule has 5 nitrogen and oxygen atoms in total. The van der Waals surface area contributed by atoms with Crippen LogP contribution < -0.4 is 4.90 Å². The molecule has 0 saturated carbocycles. The van der Waals surface area contributed by atoms with Crippen LogP contribution in [0.3, 0.4) is 0 Å². The number of rotatable bonds is 5. The van der Waals surface area contributed by atoms with Crippen LogP contribution in [0.15, 0.2) is 30.6 Å². The molecular weight excluding hydrogens is 300 g/mol. The molecule has 1 N–H and O–H groups in total. The van der Waals surface area contributed by atoms with Crippen molar-refractivity contribution in [3.05, 3.63) is 47.3 Å². The van der Waals surface area contributed by atoms with Crippen LogP contribution in [0.4, 0.5) is 5.95 Å². The fourth-order valence-corrected chi connectivity index (χ4v) is 3.11. The average molecular weight is 326 g/mol. The summed E-state index contributed by atoms with van der Waals surface area (Å²) in [6.07, 6.45) is 6.08. The number of phenolic OH excluding ortho intramolecular Hbond substituents is 1. The molecule has 0 radical (unpaired) electrons. The second-order valence-electron chi connectivity index (χ2n) is 6.53. The van der Waals surface area contributed by atoms with E-state index in [0.29, 0.717) is 5.75 Å². The molecule has 0 bridgehead atoms. The topological polar surface area (TPSA) is 52.5 Å². The van der Waals surface area contributed by atoms with Crippen LogP contribution in [0, 0.1) is 6.92 Å². The maximum absolute atomic E-state index is 9.63. The van der Waals surface area contributed by atoms with Crippen molar-refractivity contribution in [3.8, 4) is 5.75 Å². The fourth-order valence-electron chi connectivity index (χ4n) is 3.11. The van der Waals surface area contributed by atoms with Crippen LogP contribution >= 0.6 is 0 Å². The summed E-state index contributed by atoms with van der Waals surface area (Å²) < 4.78 is 0. The first-order valence-electron chi connectivity index (χ1n) is 8.72. The molecule has 0 amide bonds. The predicted octanol–water partition coefficient (Wildman–Crippen LogP) is 2.77. The third-order valence-corrected chi connectivity index (χ3v) is 4.55. The van der Waals surface area contributed by atoms with Crippen LogP contribution in [-0.4, -0.2) is 46.2 Å². The van der Waals surface area contributed by atoms with E-state index >= 15 is 0 Å². The number of nitrogens with zero attached hydrogens (tertiary/aromatic N) is 4. The Kier molecular flexibility index (Phi) is 5.30. The Morgan fingerprint density at radius 1 is 1.04 bits per heavy atom. The van der Waals surface area contributed by atoms with Gasteiger partial charge in [0.1, 0.15) is 5.75 Å². The number of phenols is 1. The van der Waals surface area contributed by atoms with E-state index < -0.39 is 0 Å². The fraction of sp³-hybridized carbons (Fsp3) is 0.474. The Labute approximate surface area is 144 Å². The summed E-state index contributed by atoms with van der Waals surface area (Å²) in [6.45, 7) is 8.93. The summed E-state index contributed by atoms with van der Waals surface area (Å²) in [5.41, 5.74) is 3.40. The molecule has 0 atom stereocenters. The molecule has 0 spiro atoms. The Balaban J connectivity index is 1.54. The molecule has 1 saturated heterocycles. The van der Waals surface area contributed by atoms with Crippen LogP contribution in [-0.2, 0) is 13.0 Å². The maximum Gasteiger partial charge on any atom is 0.225 e. The van der Waals surface area contributed by atoms with Gasteiger partial charge in [-0.25, -0.2) is 9.97 Å². The van der Waals surface area contributed by atoms with E-state index in [1.807, 2.05) is 25.4 Å². The Bertz CT molecular complexity index is 664. The standard InChI is InChI=1S/C19H26N4O/c1-3-4-17-12-20-19(21-13-17)23-9-7-22(8-10-23)14-16-5-6-18(24)15(2)11-16/h5-6,11-13,24H,3-4,7-10,14H2,1-2H3. The minimum atomic E-state index is 0.368. The van der Waals surface area contributed by atoms with Gasteiger partial charge in [-0.3, -0.25) is 4.90 Å². The first-order valence-corrected chi connectivity index (χ1v) is 8.72. The van der Waals surface area contributed by atoms with Crippen molar-refractivity contribution in [3.63, 3.8) is 0 Å². The third-order valence-electron chi connectivity index (χ3n) is 4.55. The highest BCUT2D eigenvalue weighted by Gasteiger charge is 2.19. The Morgan fingerprint density at radius 3 is 2.38 bits per heavy atom. The SMILES string of the molecule is CCCc1cnc(N2CCN(Cc3ccc(O)c(C)c3)CC2)nc1. The Hall–Kier alpha value is -2.14. The van der Waals surface area contributed by atoms with Crippen molar-refractivity contribution in [2.75, 3.05) is 31.1 Å². The largest absolute Gasteiger partial charge is 0.508 e. The highest BCUT2D eigenvalue weighted by Crippen LogP contribution is 2.19. The van der Waals surface area contributed by atoms with Gasteiger partial charge >= 0.3 is 0 Å². The second kappa shape index (κ2) is 7.62. The van der Waals surface area contributed by atoms with Gasteiger partial charge < -0.3 is 10.0 Å². The molecule has 1 aromatic heterocycles. The number of piperazine rings is 1. The normalized spacial score (nSPS) is 15.7. The van der Waals surface area contributed by atoms with Gasteiger partial charge in [-0.15, -0.1) is 0 Å². The summed E-state index contributed by atoms with van der Waals surface area (Å²) >= 11 is 0. The minimum Gasteiger partial charge on any atom is -0.508 e. The van der Waals surface area contributed by atoms with Crippen molar-refractivity contribution in [1.29, 1.82) is 0 Å². The minimum absolute atomic E-state index is 0.368. The number of anilines is 1. The number of hydrogen-bond donors (Lipinski definition) is 1. The van der Waals surface area contributed by atoms with Crippen molar-refractivity contribution >= 4 is 5.95 Å². The lowest BCUT2D eigenvalue weighted by Crippen LogP contribution is -2.46.